The molecule has 0 saturated carbocycles. The Hall–Kier alpha value is -3.69. The molecule has 0 spiro atoms. The summed E-state index contributed by atoms with van der Waals surface area (Å²) in [7, 11) is 0. The van der Waals surface area contributed by atoms with Crippen LogP contribution in [0.5, 0.6) is 0 Å². The van der Waals surface area contributed by atoms with Crippen molar-refractivity contribution in [3.8, 4) is 11.1 Å². The molecular weight excluding hydrogens is 456 g/mol. The van der Waals surface area contributed by atoms with Crippen LogP contribution in [0.4, 0.5) is 4.79 Å². The molecule has 8 nitrogen and oxygen atoms in total. The molecule has 1 aromatic heterocycles. The van der Waals surface area contributed by atoms with Crippen LogP contribution >= 0.6 is 11.3 Å². The summed E-state index contributed by atoms with van der Waals surface area (Å²) in [6.45, 7) is 0.0595. The third-order valence-electron chi connectivity index (χ3n) is 5.70. The molecule has 176 valence electrons. The second-order valence-electron chi connectivity index (χ2n) is 7.85. The van der Waals surface area contributed by atoms with Gasteiger partial charge in [0.1, 0.15) is 12.6 Å². The Bertz CT molecular complexity index is 1130. The molecule has 4 rings (SSSR count). The zero-order chi connectivity index (χ0) is 24.1. The molecule has 2 aromatic carbocycles. The van der Waals surface area contributed by atoms with Crippen molar-refractivity contribution in [2.75, 3.05) is 13.2 Å². The minimum absolute atomic E-state index is 0.0550. The lowest BCUT2D eigenvalue weighted by Gasteiger charge is -2.19. The number of carboxylic acids is 1. The highest BCUT2D eigenvalue weighted by molar-refractivity contribution is 7.10. The molecule has 0 radical (unpaired) electrons. The molecule has 0 bridgehead atoms. The van der Waals surface area contributed by atoms with Gasteiger partial charge in [0, 0.05) is 23.8 Å². The van der Waals surface area contributed by atoms with Crippen LogP contribution in [0.3, 0.4) is 0 Å². The zero-order valence-electron chi connectivity index (χ0n) is 18.1. The number of aliphatic hydroxyl groups is 1. The summed E-state index contributed by atoms with van der Waals surface area (Å²) in [6.07, 6.45) is -2.46. The number of fused-ring (bicyclic) bond motifs is 3. The van der Waals surface area contributed by atoms with Crippen molar-refractivity contribution < 1.29 is 29.3 Å². The van der Waals surface area contributed by atoms with E-state index in [9.17, 15) is 19.5 Å². The first-order valence-electron chi connectivity index (χ1n) is 10.8. The van der Waals surface area contributed by atoms with Gasteiger partial charge in [-0.1, -0.05) is 54.6 Å². The number of alkyl carbamates (subject to hydrolysis) is 1. The lowest BCUT2D eigenvalue weighted by Crippen LogP contribution is -2.41. The maximum Gasteiger partial charge on any atom is 0.408 e. The summed E-state index contributed by atoms with van der Waals surface area (Å²) in [5, 5.41) is 25.1. The van der Waals surface area contributed by atoms with Gasteiger partial charge in [-0.15, -0.1) is 11.3 Å². The number of carbonyl (C=O) groups excluding carboxylic acids is 2. The van der Waals surface area contributed by atoms with E-state index in [1.54, 1.807) is 17.5 Å². The third-order valence-corrected chi connectivity index (χ3v) is 6.63. The van der Waals surface area contributed by atoms with Crippen molar-refractivity contribution in [2.24, 2.45) is 0 Å². The number of carbonyl (C=O) groups is 3. The average Bonchev–Trinajstić information content (AvgIpc) is 3.48. The molecule has 1 heterocycles. The largest absolute Gasteiger partial charge is 0.479 e. The Kier molecular flexibility index (Phi) is 7.24. The van der Waals surface area contributed by atoms with E-state index in [4.69, 9.17) is 9.84 Å². The van der Waals surface area contributed by atoms with E-state index >= 15 is 0 Å². The summed E-state index contributed by atoms with van der Waals surface area (Å²) in [5.74, 6) is -1.99. The fraction of sp³-hybridized carbons (Fsp3) is 0.240. The number of hydrogen-bond donors (Lipinski definition) is 4. The van der Waals surface area contributed by atoms with Crippen molar-refractivity contribution in [3.63, 3.8) is 0 Å². The second-order valence-corrected chi connectivity index (χ2v) is 8.83. The number of thiophene rings is 1. The highest BCUT2D eigenvalue weighted by Gasteiger charge is 2.30. The monoisotopic (exact) mass is 480 g/mol. The van der Waals surface area contributed by atoms with E-state index in [0.29, 0.717) is 4.88 Å². The van der Waals surface area contributed by atoms with Crippen LogP contribution in [0.25, 0.3) is 11.1 Å². The number of ether oxygens (including phenoxy) is 1. The number of aliphatic carboxylic acids is 1. The highest BCUT2D eigenvalue weighted by atomic mass is 32.1. The van der Waals surface area contributed by atoms with Gasteiger partial charge in [0.15, 0.2) is 6.10 Å². The van der Waals surface area contributed by atoms with Crippen LogP contribution in [-0.4, -0.2) is 47.4 Å². The smallest absolute Gasteiger partial charge is 0.408 e. The van der Waals surface area contributed by atoms with Gasteiger partial charge in [-0.3, -0.25) is 4.79 Å². The quantitative estimate of drug-likeness (QED) is 0.373. The number of hydrogen-bond acceptors (Lipinski definition) is 6. The van der Waals surface area contributed by atoms with Crippen LogP contribution in [-0.2, 0) is 14.3 Å². The lowest BCUT2D eigenvalue weighted by atomic mass is 9.98. The van der Waals surface area contributed by atoms with Crippen molar-refractivity contribution in [2.45, 2.75) is 24.5 Å². The fourth-order valence-electron chi connectivity index (χ4n) is 4.04. The van der Waals surface area contributed by atoms with E-state index in [0.717, 1.165) is 22.3 Å². The SMILES string of the molecule is O=C(NC(C(=O)NCC[C@H](O)C(=O)O)c1cccs1)OCC1c2ccccc2-c2ccccc21. The number of nitrogens with one attached hydrogen (secondary N) is 2. The molecule has 0 aliphatic heterocycles. The molecule has 4 N–H and O–H groups in total. The molecule has 9 heteroatoms. The normalized spacial score (nSPS) is 13.9. The average molecular weight is 481 g/mol. The van der Waals surface area contributed by atoms with Crippen LogP contribution in [0.15, 0.2) is 66.0 Å². The Morgan fingerprint density at radius 3 is 2.21 bits per heavy atom. The van der Waals surface area contributed by atoms with E-state index in [1.165, 1.54) is 11.3 Å². The van der Waals surface area contributed by atoms with Gasteiger partial charge in [0.2, 0.25) is 5.91 Å². The van der Waals surface area contributed by atoms with E-state index in [1.807, 2.05) is 48.5 Å². The number of amides is 2. The Morgan fingerprint density at radius 2 is 1.62 bits per heavy atom. The standard InChI is InChI=1S/C25H24N2O6S/c28-20(24(30)31)11-12-26-23(29)22(21-10-5-13-34-21)27-25(32)33-14-19-17-8-3-1-6-15(17)16-7-2-4-9-18(16)19/h1-10,13,19-20,22,28H,11-12,14H2,(H,26,29)(H,27,32)(H,30,31)/t20-,22?/m0/s1. The third kappa shape index (κ3) is 5.11. The Labute approximate surface area is 200 Å². The number of carboxylic acid groups (broad SMARTS) is 1. The Balaban J connectivity index is 1.40. The van der Waals surface area contributed by atoms with Crippen LogP contribution in [0.2, 0.25) is 0 Å². The Morgan fingerprint density at radius 1 is 0.971 bits per heavy atom. The summed E-state index contributed by atoms with van der Waals surface area (Å²) in [6, 6.07) is 18.5. The first kappa shape index (κ1) is 23.5. The van der Waals surface area contributed by atoms with Gasteiger partial charge in [0.05, 0.1) is 0 Å². The minimum Gasteiger partial charge on any atom is -0.479 e. The molecule has 0 fully saturated rings. The molecular formula is C25H24N2O6S. The molecule has 34 heavy (non-hydrogen) atoms. The zero-order valence-corrected chi connectivity index (χ0v) is 19.0. The van der Waals surface area contributed by atoms with Crippen molar-refractivity contribution in [3.05, 3.63) is 82.0 Å². The van der Waals surface area contributed by atoms with Crippen LogP contribution in [0, 0.1) is 0 Å². The molecule has 1 unspecified atom stereocenters. The van der Waals surface area contributed by atoms with Gasteiger partial charge in [-0.05, 0) is 33.7 Å². The number of aliphatic hydroxyl groups excluding tert-OH is 1. The fourth-order valence-corrected chi connectivity index (χ4v) is 4.81. The first-order valence-corrected chi connectivity index (χ1v) is 11.7. The van der Waals surface area contributed by atoms with Gasteiger partial charge in [0.25, 0.3) is 0 Å². The topological polar surface area (TPSA) is 125 Å². The minimum atomic E-state index is -1.57. The van der Waals surface area contributed by atoms with Crippen LogP contribution < -0.4 is 10.6 Å². The summed E-state index contributed by atoms with van der Waals surface area (Å²) in [4.78, 5) is 36.7. The first-order chi connectivity index (χ1) is 16.5. The van der Waals surface area contributed by atoms with E-state index < -0.39 is 30.1 Å². The van der Waals surface area contributed by atoms with Gasteiger partial charge in [-0.2, -0.15) is 0 Å². The van der Waals surface area contributed by atoms with Crippen molar-refractivity contribution in [1.29, 1.82) is 0 Å². The predicted octanol–water partition coefficient (Wildman–Crippen LogP) is 3.28. The lowest BCUT2D eigenvalue weighted by molar-refractivity contribution is -0.147. The predicted molar refractivity (Wildman–Crippen MR) is 127 cm³/mol. The molecule has 2 atom stereocenters. The number of benzene rings is 2. The molecule has 1 aliphatic rings. The molecule has 1 aliphatic carbocycles. The maximum absolute atomic E-state index is 12.7. The summed E-state index contributed by atoms with van der Waals surface area (Å²) < 4.78 is 5.55. The van der Waals surface area contributed by atoms with Crippen LogP contribution in [0.1, 0.15) is 34.4 Å². The summed E-state index contributed by atoms with van der Waals surface area (Å²) in [5.41, 5.74) is 4.40. The van der Waals surface area contributed by atoms with E-state index in [2.05, 4.69) is 10.6 Å². The number of rotatable bonds is 9. The van der Waals surface area contributed by atoms with E-state index in [-0.39, 0.29) is 25.5 Å². The molecule has 0 saturated heterocycles. The van der Waals surface area contributed by atoms with Crippen molar-refractivity contribution >= 4 is 29.3 Å². The van der Waals surface area contributed by atoms with Gasteiger partial charge < -0.3 is 25.6 Å². The highest BCUT2D eigenvalue weighted by Crippen LogP contribution is 2.44. The summed E-state index contributed by atoms with van der Waals surface area (Å²) >= 11 is 1.30. The molecule has 3 aromatic rings. The second kappa shape index (κ2) is 10.5. The maximum atomic E-state index is 12.7. The van der Waals surface area contributed by atoms with Gasteiger partial charge in [-0.25, -0.2) is 9.59 Å². The molecule has 2 amide bonds. The van der Waals surface area contributed by atoms with Gasteiger partial charge >= 0.3 is 12.1 Å². The van der Waals surface area contributed by atoms with Crippen molar-refractivity contribution in [1.82, 2.24) is 10.6 Å².